The first kappa shape index (κ1) is 12.9. The second-order valence-electron chi connectivity index (χ2n) is 4.68. The molecule has 1 aliphatic heterocycles. The van der Waals surface area contributed by atoms with Crippen LogP contribution in [0, 0.1) is 0 Å². The van der Waals surface area contributed by atoms with E-state index in [1.807, 2.05) is 11.5 Å². The van der Waals surface area contributed by atoms with Crippen molar-refractivity contribution >= 4 is 11.8 Å². The van der Waals surface area contributed by atoms with Crippen molar-refractivity contribution in [2.75, 3.05) is 33.0 Å². The van der Waals surface area contributed by atoms with E-state index in [4.69, 9.17) is 10.5 Å². The Balaban J connectivity index is 2.39. The normalized spacial score (nSPS) is 20.3. The molecule has 1 saturated heterocycles. The first-order valence-corrected chi connectivity index (χ1v) is 6.21. The number of likely N-dealkylation sites (tertiary alicyclic amines) is 1. The highest BCUT2D eigenvalue weighted by atomic mass is 16.5. The smallest absolute Gasteiger partial charge is 0.360 e. The largest absolute Gasteiger partial charge is 0.464 e. The Kier molecular flexibility index (Phi) is 3.56. The number of nitrogen functional groups attached to an aromatic ring is 1. The topological polar surface area (TPSA) is 73.4 Å². The van der Waals surface area contributed by atoms with Gasteiger partial charge in [-0.1, -0.05) is 6.92 Å². The number of carbonyl (C=O) groups is 1. The van der Waals surface area contributed by atoms with Crippen LogP contribution in [0.4, 0.5) is 5.82 Å². The van der Waals surface area contributed by atoms with Crippen molar-refractivity contribution in [2.24, 2.45) is 0 Å². The van der Waals surface area contributed by atoms with E-state index >= 15 is 0 Å². The van der Waals surface area contributed by atoms with E-state index in [1.165, 1.54) is 7.11 Å². The number of methoxy groups -OCH3 is 1. The van der Waals surface area contributed by atoms with Gasteiger partial charge in [-0.15, -0.1) is 0 Å². The summed E-state index contributed by atoms with van der Waals surface area (Å²) in [6.45, 7) is 3.99. The summed E-state index contributed by atoms with van der Waals surface area (Å²) in [6.07, 6.45) is 1.78. The molecule has 0 radical (unpaired) electrons. The fourth-order valence-corrected chi connectivity index (χ4v) is 2.52. The number of hydrogen-bond acceptors (Lipinski definition) is 5. The Morgan fingerprint density at radius 1 is 1.61 bits per heavy atom. The first-order chi connectivity index (χ1) is 8.58. The first-order valence-electron chi connectivity index (χ1n) is 6.21. The van der Waals surface area contributed by atoms with E-state index in [-0.39, 0.29) is 5.69 Å². The van der Waals surface area contributed by atoms with Gasteiger partial charge in [0.15, 0.2) is 5.69 Å². The number of imidazole rings is 1. The van der Waals surface area contributed by atoms with Crippen LogP contribution in [-0.4, -0.2) is 47.7 Å². The Bertz CT molecular complexity index is 455. The van der Waals surface area contributed by atoms with Gasteiger partial charge in [0.2, 0.25) is 0 Å². The maximum Gasteiger partial charge on any atom is 0.360 e. The number of likely N-dealkylation sites (N-methyl/N-ethyl adjacent to an activating group) is 1. The molecule has 6 nitrogen and oxygen atoms in total. The molecule has 0 aromatic carbocycles. The summed E-state index contributed by atoms with van der Waals surface area (Å²) < 4.78 is 6.70. The predicted octanol–water partition coefficient (Wildman–Crippen LogP) is 0.691. The third-order valence-corrected chi connectivity index (χ3v) is 3.45. The second-order valence-corrected chi connectivity index (χ2v) is 4.68. The molecule has 1 aromatic heterocycles. The van der Waals surface area contributed by atoms with Crippen LogP contribution >= 0.6 is 0 Å². The number of carbonyl (C=O) groups excluding carboxylic acids is 1. The van der Waals surface area contributed by atoms with Crippen molar-refractivity contribution in [1.29, 1.82) is 0 Å². The van der Waals surface area contributed by atoms with Crippen molar-refractivity contribution in [3.8, 4) is 0 Å². The zero-order valence-corrected chi connectivity index (χ0v) is 11.1. The molecule has 2 rings (SSSR count). The van der Waals surface area contributed by atoms with Gasteiger partial charge < -0.3 is 19.9 Å². The Labute approximate surface area is 107 Å². The number of hydrogen-bond donors (Lipinski definition) is 1. The summed E-state index contributed by atoms with van der Waals surface area (Å²) in [4.78, 5) is 18.2. The minimum Gasteiger partial charge on any atom is -0.464 e. The SMILES string of the molecule is CCc1nc(C(=O)OC)c(N)n1C1CCN(C)C1. The molecule has 1 unspecified atom stereocenters. The summed E-state index contributed by atoms with van der Waals surface area (Å²) >= 11 is 0. The molecule has 1 aromatic rings. The molecule has 100 valence electrons. The number of nitrogens with zero attached hydrogens (tertiary/aromatic N) is 3. The number of ether oxygens (including phenoxy) is 1. The lowest BCUT2D eigenvalue weighted by molar-refractivity contribution is 0.0595. The lowest BCUT2D eigenvalue weighted by Crippen LogP contribution is -2.19. The average molecular weight is 252 g/mol. The minimum atomic E-state index is -0.465. The van der Waals surface area contributed by atoms with Crippen molar-refractivity contribution in [1.82, 2.24) is 14.5 Å². The summed E-state index contributed by atoms with van der Waals surface area (Å²) in [7, 11) is 3.43. The van der Waals surface area contributed by atoms with E-state index in [0.717, 1.165) is 31.8 Å². The number of aromatic nitrogens is 2. The molecular weight excluding hydrogens is 232 g/mol. The molecule has 1 atom stereocenters. The molecule has 2 heterocycles. The third-order valence-electron chi connectivity index (χ3n) is 3.45. The molecule has 1 aliphatic rings. The lowest BCUT2D eigenvalue weighted by Gasteiger charge is -2.16. The van der Waals surface area contributed by atoms with Crippen LogP contribution in [0.3, 0.4) is 0 Å². The van der Waals surface area contributed by atoms with Crippen LogP contribution in [0.2, 0.25) is 0 Å². The van der Waals surface area contributed by atoms with E-state index in [0.29, 0.717) is 11.9 Å². The third kappa shape index (κ3) is 2.08. The van der Waals surface area contributed by atoms with E-state index in [2.05, 4.69) is 16.9 Å². The van der Waals surface area contributed by atoms with Crippen molar-refractivity contribution < 1.29 is 9.53 Å². The van der Waals surface area contributed by atoms with Crippen LogP contribution in [0.15, 0.2) is 0 Å². The molecule has 0 amide bonds. The molecule has 0 saturated carbocycles. The Morgan fingerprint density at radius 2 is 2.33 bits per heavy atom. The van der Waals surface area contributed by atoms with Crippen LogP contribution in [0.25, 0.3) is 0 Å². The molecule has 0 aliphatic carbocycles. The second kappa shape index (κ2) is 4.97. The average Bonchev–Trinajstić information content (AvgIpc) is 2.91. The molecule has 2 N–H and O–H groups in total. The molecule has 1 fully saturated rings. The minimum absolute atomic E-state index is 0.240. The van der Waals surface area contributed by atoms with Crippen LogP contribution in [0.1, 0.15) is 35.7 Å². The standard InChI is InChI=1S/C12H20N4O2/c1-4-9-14-10(12(17)18-3)11(13)16(9)8-5-6-15(2)7-8/h8H,4-7,13H2,1-3H3. The summed E-state index contributed by atoms with van der Waals surface area (Å²) in [5.74, 6) is 0.819. The fourth-order valence-electron chi connectivity index (χ4n) is 2.52. The lowest BCUT2D eigenvalue weighted by atomic mass is 10.2. The number of anilines is 1. The maximum absolute atomic E-state index is 11.6. The van der Waals surface area contributed by atoms with Gasteiger partial charge in [-0.2, -0.15) is 0 Å². The molecular formula is C12H20N4O2. The van der Waals surface area contributed by atoms with Gasteiger partial charge in [-0.3, -0.25) is 0 Å². The number of nitrogens with two attached hydrogens (primary N) is 1. The predicted molar refractivity (Wildman–Crippen MR) is 68.5 cm³/mol. The Hall–Kier alpha value is -1.56. The zero-order valence-electron chi connectivity index (χ0n) is 11.1. The number of aryl methyl sites for hydroxylation is 1. The molecule has 6 heteroatoms. The summed E-state index contributed by atoms with van der Waals surface area (Å²) in [5.41, 5.74) is 6.30. The van der Waals surface area contributed by atoms with Crippen molar-refractivity contribution in [2.45, 2.75) is 25.8 Å². The Morgan fingerprint density at radius 3 is 2.83 bits per heavy atom. The summed E-state index contributed by atoms with van der Waals surface area (Å²) in [5, 5.41) is 0. The van der Waals surface area contributed by atoms with Gasteiger partial charge in [0.05, 0.1) is 13.2 Å². The zero-order chi connectivity index (χ0) is 13.3. The van der Waals surface area contributed by atoms with E-state index < -0.39 is 5.97 Å². The maximum atomic E-state index is 11.6. The highest BCUT2D eigenvalue weighted by molar-refractivity contribution is 5.92. The summed E-state index contributed by atoms with van der Waals surface area (Å²) in [6, 6.07) is 0.302. The highest BCUT2D eigenvalue weighted by Gasteiger charge is 2.28. The van der Waals surface area contributed by atoms with Gasteiger partial charge in [-0.25, -0.2) is 9.78 Å². The van der Waals surface area contributed by atoms with Gasteiger partial charge in [0.1, 0.15) is 11.6 Å². The quantitative estimate of drug-likeness (QED) is 0.801. The molecule has 18 heavy (non-hydrogen) atoms. The van der Waals surface area contributed by atoms with Crippen molar-refractivity contribution in [3.63, 3.8) is 0 Å². The highest BCUT2D eigenvalue weighted by Crippen LogP contribution is 2.27. The van der Waals surface area contributed by atoms with Gasteiger partial charge >= 0.3 is 5.97 Å². The molecule has 0 bridgehead atoms. The van der Waals surface area contributed by atoms with Gasteiger partial charge in [0.25, 0.3) is 0 Å². The van der Waals surface area contributed by atoms with Gasteiger partial charge in [-0.05, 0) is 20.0 Å². The van der Waals surface area contributed by atoms with Crippen LogP contribution < -0.4 is 5.73 Å². The van der Waals surface area contributed by atoms with Crippen molar-refractivity contribution in [3.05, 3.63) is 11.5 Å². The number of rotatable bonds is 3. The molecule has 0 spiro atoms. The van der Waals surface area contributed by atoms with E-state index in [1.54, 1.807) is 0 Å². The van der Waals surface area contributed by atoms with E-state index in [9.17, 15) is 4.79 Å². The monoisotopic (exact) mass is 252 g/mol. The van der Waals surface area contributed by atoms with Crippen LogP contribution in [0.5, 0.6) is 0 Å². The van der Waals surface area contributed by atoms with Crippen LogP contribution in [-0.2, 0) is 11.2 Å². The number of esters is 1. The fraction of sp³-hybridized carbons (Fsp3) is 0.667. The van der Waals surface area contributed by atoms with Gasteiger partial charge in [0, 0.05) is 13.0 Å².